The van der Waals surface area contributed by atoms with Crippen molar-refractivity contribution in [2.45, 2.75) is 0 Å². The minimum Gasteiger partial charge on any atom is -0.455 e. The van der Waals surface area contributed by atoms with Crippen LogP contribution in [0.15, 0.2) is 159 Å². The van der Waals surface area contributed by atoms with Crippen LogP contribution >= 0.6 is 0 Å². The standard InChI is InChI=1S/C44H24N4O3/c1-2-11-26(12-3-1)44-45-34-22-23-36-37(40(34)51-44)31-16-9-18-33(39(31)50-36)43-47-41(28-21-20-25-10-4-5-13-27(25)24-28)46-42(48-43)32-17-8-15-30-29-14-6-7-19-35(29)49-38(30)32/h1-24H. The van der Waals surface area contributed by atoms with Gasteiger partial charge >= 0.3 is 0 Å². The Bertz CT molecular complexity index is 3160. The highest BCUT2D eigenvalue weighted by atomic mass is 16.4. The average molecular weight is 657 g/mol. The normalized spacial score (nSPS) is 11.9. The minimum absolute atomic E-state index is 0.486. The van der Waals surface area contributed by atoms with Crippen LogP contribution in [-0.2, 0) is 0 Å². The van der Waals surface area contributed by atoms with Crippen molar-refractivity contribution in [1.29, 1.82) is 0 Å². The fourth-order valence-electron chi connectivity index (χ4n) is 7.15. The fraction of sp³-hybridized carbons (Fsp3) is 0. The number of nitrogens with zero attached hydrogens (tertiary/aromatic N) is 4. The smallest absolute Gasteiger partial charge is 0.227 e. The van der Waals surface area contributed by atoms with Crippen LogP contribution in [0.4, 0.5) is 0 Å². The summed E-state index contributed by atoms with van der Waals surface area (Å²) < 4.78 is 19.5. The molecule has 238 valence electrons. The van der Waals surface area contributed by atoms with E-state index < -0.39 is 0 Å². The number of furan rings is 2. The Labute approximate surface area is 289 Å². The lowest BCUT2D eigenvalue weighted by Gasteiger charge is -2.10. The molecule has 51 heavy (non-hydrogen) atoms. The predicted molar refractivity (Wildman–Crippen MR) is 201 cm³/mol. The molecular weight excluding hydrogens is 633 g/mol. The number of rotatable bonds is 4. The summed E-state index contributed by atoms with van der Waals surface area (Å²) in [6, 6.07) is 48.5. The SMILES string of the molecule is c1ccc(-c2nc3ccc4oc5c(-c6nc(-c7ccc8ccccc8c7)nc(-c7cccc8c7oc7ccccc78)n6)cccc5c4c3o2)cc1. The molecule has 0 N–H and O–H groups in total. The third-order valence-electron chi connectivity index (χ3n) is 9.57. The molecule has 0 spiro atoms. The zero-order valence-corrected chi connectivity index (χ0v) is 26.9. The van der Waals surface area contributed by atoms with E-state index in [0.717, 1.165) is 71.3 Å². The van der Waals surface area contributed by atoms with Gasteiger partial charge in [-0.3, -0.25) is 0 Å². The van der Waals surface area contributed by atoms with Gasteiger partial charge in [-0.1, -0.05) is 97.1 Å². The Balaban J connectivity index is 1.16. The number of fused-ring (bicyclic) bond motifs is 9. The molecule has 4 aromatic heterocycles. The van der Waals surface area contributed by atoms with Gasteiger partial charge in [0.25, 0.3) is 0 Å². The maximum Gasteiger partial charge on any atom is 0.227 e. The van der Waals surface area contributed by atoms with E-state index >= 15 is 0 Å². The first-order chi connectivity index (χ1) is 25.2. The quantitative estimate of drug-likeness (QED) is 0.186. The van der Waals surface area contributed by atoms with Crippen LogP contribution < -0.4 is 0 Å². The second-order valence-corrected chi connectivity index (χ2v) is 12.6. The van der Waals surface area contributed by atoms with E-state index in [-0.39, 0.29) is 0 Å². The Morgan fingerprint density at radius 2 is 1.04 bits per heavy atom. The molecule has 0 bridgehead atoms. The van der Waals surface area contributed by atoms with Crippen molar-refractivity contribution in [2.75, 3.05) is 0 Å². The molecule has 4 heterocycles. The molecule has 0 amide bonds. The number of oxazole rings is 1. The van der Waals surface area contributed by atoms with Crippen LogP contribution in [-0.4, -0.2) is 19.9 Å². The Kier molecular flexibility index (Phi) is 5.83. The zero-order valence-electron chi connectivity index (χ0n) is 26.9. The van der Waals surface area contributed by atoms with Crippen LogP contribution in [0.25, 0.3) is 111 Å². The molecule has 0 aliphatic carbocycles. The van der Waals surface area contributed by atoms with Crippen molar-refractivity contribution in [3.05, 3.63) is 146 Å². The molecule has 11 aromatic rings. The number of aromatic nitrogens is 4. The van der Waals surface area contributed by atoms with Gasteiger partial charge in [0.1, 0.15) is 27.8 Å². The third-order valence-corrected chi connectivity index (χ3v) is 9.57. The lowest BCUT2D eigenvalue weighted by Crippen LogP contribution is -2.00. The molecule has 0 saturated heterocycles. The lowest BCUT2D eigenvalue weighted by atomic mass is 10.1. The van der Waals surface area contributed by atoms with Gasteiger partial charge in [-0.25, -0.2) is 19.9 Å². The van der Waals surface area contributed by atoms with E-state index in [4.69, 9.17) is 33.2 Å². The highest BCUT2D eigenvalue weighted by molar-refractivity contribution is 6.18. The van der Waals surface area contributed by atoms with Crippen LogP contribution in [0.3, 0.4) is 0 Å². The number of hydrogen-bond donors (Lipinski definition) is 0. The molecule has 0 unspecified atom stereocenters. The monoisotopic (exact) mass is 656 g/mol. The van der Waals surface area contributed by atoms with Crippen LogP contribution in [0, 0.1) is 0 Å². The predicted octanol–water partition coefficient (Wildman–Crippen LogP) is 11.6. The second-order valence-electron chi connectivity index (χ2n) is 12.6. The largest absolute Gasteiger partial charge is 0.455 e. The molecule has 0 atom stereocenters. The van der Waals surface area contributed by atoms with Crippen molar-refractivity contribution in [3.8, 4) is 45.6 Å². The van der Waals surface area contributed by atoms with Gasteiger partial charge in [0.15, 0.2) is 23.1 Å². The maximum absolute atomic E-state index is 6.61. The van der Waals surface area contributed by atoms with E-state index in [0.29, 0.717) is 40.1 Å². The third kappa shape index (κ3) is 4.31. The summed E-state index contributed by atoms with van der Waals surface area (Å²) in [5.41, 5.74) is 7.62. The summed E-state index contributed by atoms with van der Waals surface area (Å²) in [7, 11) is 0. The highest BCUT2D eigenvalue weighted by Gasteiger charge is 2.22. The summed E-state index contributed by atoms with van der Waals surface area (Å²) >= 11 is 0. The maximum atomic E-state index is 6.61. The van der Waals surface area contributed by atoms with E-state index in [1.54, 1.807) is 0 Å². The zero-order chi connectivity index (χ0) is 33.5. The summed E-state index contributed by atoms with van der Waals surface area (Å²) in [5.74, 6) is 2.10. The van der Waals surface area contributed by atoms with Gasteiger partial charge in [0.2, 0.25) is 5.89 Å². The van der Waals surface area contributed by atoms with Crippen molar-refractivity contribution in [3.63, 3.8) is 0 Å². The lowest BCUT2D eigenvalue weighted by molar-refractivity contribution is 0.622. The van der Waals surface area contributed by atoms with Gasteiger partial charge < -0.3 is 13.3 Å². The Morgan fingerprint density at radius 1 is 0.373 bits per heavy atom. The second kappa shape index (κ2) is 10.7. The number of hydrogen-bond acceptors (Lipinski definition) is 7. The van der Waals surface area contributed by atoms with E-state index in [1.165, 1.54) is 0 Å². The minimum atomic E-state index is 0.486. The molecular formula is C44H24N4O3. The van der Waals surface area contributed by atoms with E-state index in [2.05, 4.69) is 42.5 Å². The van der Waals surface area contributed by atoms with Crippen molar-refractivity contribution in [1.82, 2.24) is 19.9 Å². The molecule has 7 heteroatoms. The molecule has 11 rings (SSSR count). The molecule has 0 fully saturated rings. The van der Waals surface area contributed by atoms with Gasteiger partial charge in [-0.2, -0.15) is 0 Å². The Hall–Kier alpha value is -7.12. The van der Waals surface area contributed by atoms with E-state index in [9.17, 15) is 0 Å². The van der Waals surface area contributed by atoms with Gasteiger partial charge in [-0.05, 0) is 59.3 Å². The van der Waals surface area contributed by atoms with Crippen molar-refractivity contribution >= 4 is 65.7 Å². The van der Waals surface area contributed by atoms with Crippen LogP contribution in [0.5, 0.6) is 0 Å². The molecule has 0 radical (unpaired) electrons. The van der Waals surface area contributed by atoms with Crippen LogP contribution in [0.2, 0.25) is 0 Å². The average Bonchev–Trinajstić information content (AvgIpc) is 3.91. The van der Waals surface area contributed by atoms with Gasteiger partial charge in [-0.15, -0.1) is 0 Å². The summed E-state index contributed by atoms with van der Waals surface area (Å²) in [4.78, 5) is 20.1. The topological polar surface area (TPSA) is 91.0 Å². The molecule has 0 saturated carbocycles. The first-order valence-electron chi connectivity index (χ1n) is 16.7. The first-order valence-corrected chi connectivity index (χ1v) is 16.7. The summed E-state index contributed by atoms with van der Waals surface area (Å²) in [5, 5.41) is 6.03. The molecule has 0 aliphatic heterocycles. The molecule has 7 aromatic carbocycles. The Morgan fingerprint density at radius 3 is 1.88 bits per heavy atom. The van der Waals surface area contributed by atoms with Gasteiger partial charge in [0, 0.05) is 27.3 Å². The highest BCUT2D eigenvalue weighted by Crippen LogP contribution is 2.41. The van der Waals surface area contributed by atoms with E-state index in [1.807, 2.05) is 103 Å². The van der Waals surface area contributed by atoms with Gasteiger partial charge in [0.05, 0.1) is 16.5 Å². The van der Waals surface area contributed by atoms with Crippen molar-refractivity contribution in [2.24, 2.45) is 0 Å². The summed E-state index contributed by atoms with van der Waals surface area (Å²) in [6.45, 7) is 0. The fourth-order valence-corrected chi connectivity index (χ4v) is 7.15. The van der Waals surface area contributed by atoms with Crippen molar-refractivity contribution < 1.29 is 13.3 Å². The van der Waals surface area contributed by atoms with Crippen LogP contribution in [0.1, 0.15) is 0 Å². The molecule has 7 nitrogen and oxygen atoms in total. The number of para-hydroxylation sites is 3. The summed E-state index contributed by atoms with van der Waals surface area (Å²) in [6.07, 6.45) is 0. The molecule has 0 aliphatic rings. The first kappa shape index (κ1) is 27.8. The number of benzene rings is 7.